The van der Waals surface area contributed by atoms with Crippen molar-refractivity contribution in [3.8, 4) is 0 Å². The Morgan fingerprint density at radius 1 is 1.17 bits per heavy atom. The highest BCUT2D eigenvalue weighted by molar-refractivity contribution is 9.10. The van der Waals surface area contributed by atoms with Crippen molar-refractivity contribution in [1.29, 1.82) is 0 Å². The first kappa shape index (κ1) is 19.6. The molecule has 0 aliphatic rings. The molecule has 0 spiro atoms. The van der Waals surface area contributed by atoms with Crippen LogP contribution in [-0.4, -0.2) is 18.2 Å². The molecule has 128 valence electrons. The fourth-order valence-electron chi connectivity index (χ4n) is 2.17. The average molecular weight is 447 g/mol. The first-order valence-electron chi connectivity index (χ1n) is 7.47. The van der Waals surface area contributed by atoms with Crippen LogP contribution in [0.2, 0.25) is 10.0 Å². The van der Waals surface area contributed by atoms with E-state index >= 15 is 0 Å². The van der Waals surface area contributed by atoms with Crippen molar-refractivity contribution in [3.63, 3.8) is 0 Å². The van der Waals surface area contributed by atoms with Crippen LogP contribution in [0.1, 0.15) is 16.7 Å². The number of carbonyl (C=O) groups is 1. The molecule has 2 nitrogen and oxygen atoms in total. The quantitative estimate of drug-likeness (QED) is 0.566. The maximum absolute atomic E-state index is 12.0. The fraction of sp³-hybridized carbons (Fsp3) is 0.278. The molecule has 2 aromatic rings. The molecule has 0 atom stereocenters. The number of carbonyl (C=O) groups excluding carboxylic acids is 1. The van der Waals surface area contributed by atoms with Gasteiger partial charge in [-0.3, -0.25) is 4.79 Å². The molecule has 0 saturated heterocycles. The van der Waals surface area contributed by atoms with Gasteiger partial charge in [-0.25, -0.2) is 0 Å². The van der Waals surface area contributed by atoms with Gasteiger partial charge in [-0.1, -0.05) is 45.2 Å². The number of aryl methyl sites for hydroxylation is 2. The highest BCUT2D eigenvalue weighted by Crippen LogP contribution is 2.28. The van der Waals surface area contributed by atoms with Crippen molar-refractivity contribution >= 4 is 56.8 Å². The first-order chi connectivity index (χ1) is 11.4. The van der Waals surface area contributed by atoms with Crippen LogP contribution >= 0.6 is 50.9 Å². The van der Waals surface area contributed by atoms with Gasteiger partial charge in [0.05, 0.1) is 5.75 Å². The van der Waals surface area contributed by atoms with E-state index in [9.17, 15) is 4.79 Å². The Labute approximate surface area is 165 Å². The summed E-state index contributed by atoms with van der Waals surface area (Å²) in [5, 5.41) is 4.17. The van der Waals surface area contributed by atoms with E-state index < -0.39 is 0 Å². The Morgan fingerprint density at radius 3 is 2.62 bits per heavy atom. The molecular formula is C18H18BrCl2NOS. The van der Waals surface area contributed by atoms with E-state index in [1.54, 1.807) is 23.9 Å². The number of thioether (sulfide) groups is 1. The van der Waals surface area contributed by atoms with E-state index in [0.29, 0.717) is 28.8 Å². The van der Waals surface area contributed by atoms with E-state index in [1.807, 2.05) is 19.9 Å². The zero-order valence-electron chi connectivity index (χ0n) is 13.5. The van der Waals surface area contributed by atoms with Crippen molar-refractivity contribution in [2.75, 3.05) is 12.3 Å². The summed E-state index contributed by atoms with van der Waals surface area (Å²) in [4.78, 5) is 13.1. The lowest BCUT2D eigenvalue weighted by Gasteiger charge is -2.10. The summed E-state index contributed by atoms with van der Waals surface area (Å²) in [7, 11) is 0. The standard InChI is InChI=1S/C18H18BrCl2NOS/c1-11-8-17(12(2)7-15(11)19)24-10-18(23)22-6-5-13-3-4-14(20)9-16(13)21/h3-4,7-9H,5-6,10H2,1-2H3,(H,22,23). The van der Waals surface area contributed by atoms with Crippen molar-refractivity contribution in [2.24, 2.45) is 0 Å². The second kappa shape index (κ2) is 9.14. The lowest BCUT2D eigenvalue weighted by molar-refractivity contribution is -0.118. The second-order valence-corrected chi connectivity index (χ2v) is 8.21. The van der Waals surface area contributed by atoms with Gasteiger partial charge in [0, 0.05) is 26.0 Å². The van der Waals surface area contributed by atoms with Crippen LogP contribution in [0, 0.1) is 13.8 Å². The Morgan fingerprint density at radius 2 is 1.92 bits per heavy atom. The smallest absolute Gasteiger partial charge is 0.230 e. The highest BCUT2D eigenvalue weighted by Gasteiger charge is 2.08. The minimum absolute atomic E-state index is 0.0186. The molecule has 2 aromatic carbocycles. The van der Waals surface area contributed by atoms with Crippen LogP contribution in [0.4, 0.5) is 0 Å². The van der Waals surface area contributed by atoms with E-state index in [2.05, 4.69) is 33.4 Å². The van der Waals surface area contributed by atoms with Crippen LogP contribution in [0.25, 0.3) is 0 Å². The molecule has 0 fully saturated rings. The summed E-state index contributed by atoms with van der Waals surface area (Å²) in [6, 6.07) is 9.59. The van der Waals surface area contributed by atoms with E-state index in [4.69, 9.17) is 23.2 Å². The largest absolute Gasteiger partial charge is 0.355 e. The molecule has 1 N–H and O–H groups in total. The molecule has 0 unspecified atom stereocenters. The van der Waals surface area contributed by atoms with Crippen molar-refractivity contribution in [2.45, 2.75) is 25.2 Å². The van der Waals surface area contributed by atoms with Crippen LogP contribution in [0.15, 0.2) is 39.7 Å². The first-order valence-corrected chi connectivity index (χ1v) is 10.0. The Bertz CT molecular complexity index is 752. The van der Waals surface area contributed by atoms with Gasteiger partial charge in [0.15, 0.2) is 0 Å². The molecular weight excluding hydrogens is 429 g/mol. The third-order valence-corrected chi connectivity index (χ3v) is 6.15. The summed E-state index contributed by atoms with van der Waals surface area (Å²) >= 11 is 17.1. The van der Waals surface area contributed by atoms with Crippen molar-refractivity contribution in [3.05, 3.63) is 61.5 Å². The summed E-state index contributed by atoms with van der Waals surface area (Å²) in [6.45, 7) is 4.65. The molecule has 1 amide bonds. The molecule has 0 saturated carbocycles. The maximum atomic E-state index is 12.0. The molecule has 0 aromatic heterocycles. The molecule has 24 heavy (non-hydrogen) atoms. The summed E-state index contributed by atoms with van der Waals surface area (Å²) in [5.41, 5.74) is 3.31. The summed E-state index contributed by atoms with van der Waals surface area (Å²) in [6.07, 6.45) is 0.683. The molecule has 0 radical (unpaired) electrons. The number of halogens is 3. The Kier molecular flexibility index (Phi) is 7.48. The number of hydrogen-bond acceptors (Lipinski definition) is 2. The minimum atomic E-state index is 0.0186. The van der Waals surface area contributed by atoms with Crippen LogP contribution < -0.4 is 5.32 Å². The van der Waals surface area contributed by atoms with E-state index in [-0.39, 0.29) is 5.91 Å². The monoisotopic (exact) mass is 445 g/mol. The van der Waals surface area contributed by atoms with Crippen LogP contribution in [0.3, 0.4) is 0 Å². The predicted molar refractivity (Wildman–Crippen MR) is 108 cm³/mol. The molecule has 6 heteroatoms. The molecule has 0 aliphatic heterocycles. The van der Waals surface area contributed by atoms with Gasteiger partial charge < -0.3 is 5.32 Å². The van der Waals surface area contributed by atoms with Crippen LogP contribution in [0.5, 0.6) is 0 Å². The molecule has 0 bridgehead atoms. The third kappa shape index (κ3) is 5.69. The number of benzene rings is 2. The zero-order valence-corrected chi connectivity index (χ0v) is 17.4. The van der Waals surface area contributed by atoms with Gasteiger partial charge in [-0.15, -0.1) is 11.8 Å². The lowest BCUT2D eigenvalue weighted by Crippen LogP contribution is -2.27. The van der Waals surface area contributed by atoms with Crippen molar-refractivity contribution < 1.29 is 4.79 Å². The average Bonchev–Trinajstić information content (AvgIpc) is 2.51. The van der Waals surface area contributed by atoms with Gasteiger partial charge in [0.25, 0.3) is 0 Å². The maximum Gasteiger partial charge on any atom is 0.230 e. The lowest BCUT2D eigenvalue weighted by atomic mass is 10.1. The number of hydrogen-bond donors (Lipinski definition) is 1. The molecule has 2 rings (SSSR count). The zero-order chi connectivity index (χ0) is 17.7. The minimum Gasteiger partial charge on any atom is -0.355 e. The SMILES string of the molecule is Cc1cc(SCC(=O)NCCc2ccc(Cl)cc2Cl)c(C)cc1Br. The van der Waals surface area contributed by atoms with Gasteiger partial charge in [-0.05, 0) is 61.2 Å². The number of amides is 1. The van der Waals surface area contributed by atoms with Crippen molar-refractivity contribution in [1.82, 2.24) is 5.32 Å². The van der Waals surface area contributed by atoms with Crippen LogP contribution in [-0.2, 0) is 11.2 Å². The van der Waals surface area contributed by atoms with Gasteiger partial charge >= 0.3 is 0 Å². The summed E-state index contributed by atoms with van der Waals surface area (Å²) in [5.74, 6) is 0.418. The number of rotatable bonds is 6. The fourth-order valence-corrected chi connectivity index (χ4v) is 4.06. The predicted octanol–water partition coefficient (Wildman–Crippen LogP) is 5.82. The Balaban J connectivity index is 1.80. The molecule has 0 aliphatic carbocycles. The topological polar surface area (TPSA) is 29.1 Å². The highest BCUT2D eigenvalue weighted by atomic mass is 79.9. The van der Waals surface area contributed by atoms with E-state index in [0.717, 1.165) is 14.9 Å². The second-order valence-electron chi connectivity index (χ2n) is 5.49. The van der Waals surface area contributed by atoms with Gasteiger partial charge in [0.1, 0.15) is 0 Å². The van der Waals surface area contributed by atoms with Gasteiger partial charge in [-0.2, -0.15) is 0 Å². The van der Waals surface area contributed by atoms with E-state index in [1.165, 1.54) is 11.1 Å². The third-order valence-electron chi connectivity index (χ3n) is 3.55. The Hall–Kier alpha value is -0.680. The number of nitrogens with one attached hydrogen (secondary N) is 1. The normalized spacial score (nSPS) is 10.7. The molecule has 0 heterocycles. The van der Waals surface area contributed by atoms with Gasteiger partial charge in [0.2, 0.25) is 5.91 Å². The summed E-state index contributed by atoms with van der Waals surface area (Å²) < 4.78 is 1.09.